The van der Waals surface area contributed by atoms with Crippen LogP contribution in [0.3, 0.4) is 0 Å². The second kappa shape index (κ2) is 5.33. The minimum Gasteiger partial charge on any atom is -0.550 e. The molecule has 0 aromatic heterocycles. The predicted octanol–water partition coefficient (Wildman–Crippen LogP) is -0.0455. The van der Waals surface area contributed by atoms with Gasteiger partial charge in [0.15, 0.2) is 0 Å². The average molecular weight is 266 g/mol. The van der Waals surface area contributed by atoms with E-state index in [9.17, 15) is 14.7 Å². The Morgan fingerprint density at radius 3 is 2.21 bits per heavy atom. The first-order chi connectivity index (χ1) is 8.68. The van der Waals surface area contributed by atoms with E-state index in [0.717, 1.165) is 32.4 Å². The Hall–Kier alpha value is -1.36. The highest BCUT2D eigenvalue weighted by Gasteiger charge is 2.51. The van der Waals surface area contributed by atoms with Crippen LogP contribution in [0.5, 0.6) is 0 Å². The Balaban J connectivity index is 0.00000133. The maximum absolute atomic E-state index is 12.4. The van der Waals surface area contributed by atoms with E-state index in [1.54, 1.807) is 17.1 Å². The number of likely N-dealkylation sites (tertiary alicyclic amines) is 1. The molecule has 0 radical (unpaired) electrons. The van der Waals surface area contributed by atoms with Crippen molar-refractivity contribution in [3.05, 3.63) is 12.2 Å². The van der Waals surface area contributed by atoms with Crippen molar-refractivity contribution in [3.63, 3.8) is 0 Å². The fraction of sp³-hybridized carbons (Fsp3) is 0.714. The number of hydrogen-bond acceptors (Lipinski definition) is 4. The Bertz CT molecular complexity index is 400. The summed E-state index contributed by atoms with van der Waals surface area (Å²) in [6.45, 7) is 1.46. The van der Waals surface area contributed by atoms with E-state index >= 15 is 0 Å². The summed E-state index contributed by atoms with van der Waals surface area (Å²) < 4.78 is 5.49. The number of carbonyl (C=O) groups is 2. The molecule has 2 unspecified atom stereocenters. The molecule has 2 bridgehead atoms. The van der Waals surface area contributed by atoms with Crippen LogP contribution in [-0.2, 0) is 14.3 Å². The molecule has 0 aromatic carbocycles. The molecule has 0 saturated carbocycles. The van der Waals surface area contributed by atoms with Crippen LogP contribution in [0.4, 0.5) is 0 Å². The molecule has 19 heavy (non-hydrogen) atoms. The van der Waals surface area contributed by atoms with E-state index < -0.39 is 23.9 Å². The van der Waals surface area contributed by atoms with Crippen molar-refractivity contribution < 1.29 is 19.4 Å². The molecular weight excluding hydrogens is 246 g/mol. The van der Waals surface area contributed by atoms with E-state index in [1.807, 2.05) is 0 Å². The van der Waals surface area contributed by atoms with Crippen molar-refractivity contribution in [2.24, 2.45) is 11.8 Å². The Morgan fingerprint density at radius 1 is 1.05 bits per heavy atom. The molecular formula is C14H20NO4-. The van der Waals surface area contributed by atoms with Gasteiger partial charge >= 0.3 is 0 Å². The molecule has 0 N–H and O–H groups in total. The number of piperidine rings is 1. The van der Waals surface area contributed by atoms with Gasteiger partial charge in [-0.3, -0.25) is 4.79 Å². The molecule has 3 aliphatic rings. The number of carboxylic acids is 1. The van der Waals surface area contributed by atoms with Crippen LogP contribution in [0.1, 0.15) is 26.7 Å². The zero-order chi connectivity index (χ0) is 12.7. The lowest BCUT2D eigenvalue weighted by Gasteiger charge is -2.33. The summed E-state index contributed by atoms with van der Waals surface area (Å²) in [5, 5.41) is 11.2. The zero-order valence-electron chi connectivity index (χ0n) is 10.1. The topological polar surface area (TPSA) is 69.7 Å². The highest BCUT2D eigenvalue weighted by Crippen LogP contribution is 2.40. The summed E-state index contributed by atoms with van der Waals surface area (Å²) >= 11 is 0. The zero-order valence-corrected chi connectivity index (χ0v) is 10.1. The Kier molecular flexibility index (Phi) is 3.94. The number of rotatable bonds is 2. The number of aliphatic carboxylic acids is 1. The lowest BCUT2D eigenvalue weighted by Crippen LogP contribution is -2.49. The third-order valence-electron chi connectivity index (χ3n) is 4.12. The molecule has 3 heterocycles. The molecule has 3 aliphatic heterocycles. The van der Waals surface area contributed by atoms with E-state index in [1.165, 1.54) is 0 Å². The highest BCUT2D eigenvalue weighted by atomic mass is 16.5. The molecule has 2 saturated heterocycles. The molecule has 106 valence electrons. The van der Waals surface area contributed by atoms with Crippen molar-refractivity contribution >= 4 is 11.9 Å². The van der Waals surface area contributed by atoms with E-state index in [2.05, 4.69) is 0 Å². The summed E-state index contributed by atoms with van der Waals surface area (Å²) in [6, 6.07) is 0. The molecule has 2 fully saturated rings. The van der Waals surface area contributed by atoms with Gasteiger partial charge in [0.2, 0.25) is 5.91 Å². The molecule has 0 aromatic rings. The third-order valence-corrected chi connectivity index (χ3v) is 4.12. The van der Waals surface area contributed by atoms with E-state index in [4.69, 9.17) is 4.74 Å². The lowest BCUT2D eigenvalue weighted by atomic mass is 9.82. The minimum absolute atomic E-state index is 0. The molecule has 5 nitrogen and oxygen atoms in total. The number of carbonyl (C=O) groups excluding carboxylic acids is 2. The molecule has 0 aliphatic carbocycles. The van der Waals surface area contributed by atoms with E-state index in [-0.39, 0.29) is 19.4 Å². The second-order valence-corrected chi connectivity index (χ2v) is 5.21. The molecule has 4 atom stereocenters. The SMILES string of the molecule is C.O=C([O-])C1C(C(=O)N2CCCCC2)[C@@H]2C=C[C@H]1O2. The first-order valence-electron chi connectivity index (χ1n) is 6.52. The van der Waals surface area contributed by atoms with Crippen LogP contribution in [0.2, 0.25) is 0 Å². The molecule has 1 amide bonds. The van der Waals surface area contributed by atoms with Crippen molar-refractivity contribution in [1.82, 2.24) is 4.90 Å². The summed E-state index contributed by atoms with van der Waals surface area (Å²) in [4.78, 5) is 25.4. The normalized spacial score (nSPS) is 36.1. The van der Waals surface area contributed by atoms with Gasteiger partial charge in [0, 0.05) is 25.0 Å². The number of ether oxygens (including phenoxy) is 1. The average Bonchev–Trinajstić information content (AvgIpc) is 2.99. The predicted molar refractivity (Wildman–Crippen MR) is 67.0 cm³/mol. The number of carboxylic acid groups (broad SMARTS) is 1. The summed E-state index contributed by atoms with van der Waals surface area (Å²) in [5.41, 5.74) is 0. The van der Waals surface area contributed by atoms with Crippen molar-refractivity contribution in [3.8, 4) is 0 Å². The largest absolute Gasteiger partial charge is 0.550 e. The number of nitrogens with zero attached hydrogens (tertiary/aromatic N) is 1. The van der Waals surface area contributed by atoms with Gasteiger partial charge in [-0.2, -0.15) is 0 Å². The highest BCUT2D eigenvalue weighted by molar-refractivity contribution is 5.86. The van der Waals surface area contributed by atoms with Gasteiger partial charge in [-0.05, 0) is 19.3 Å². The first-order valence-corrected chi connectivity index (χ1v) is 6.52. The second-order valence-electron chi connectivity index (χ2n) is 5.21. The summed E-state index contributed by atoms with van der Waals surface area (Å²) in [5.74, 6) is -2.68. The Morgan fingerprint density at radius 2 is 1.63 bits per heavy atom. The fourth-order valence-corrected chi connectivity index (χ4v) is 3.21. The van der Waals surface area contributed by atoms with Gasteiger partial charge in [0.1, 0.15) is 0 Å². The number of hydrogen-bond donors (Lipinski definition) is 0. The van der Waals surface area contributed by atoms with Crippen LogP contribution in [0, 0.1) is 11.8 Å². The fourth-order valence-electron chi connectivity index (χ4n) is 3.21. The molecule has 5 heteroatoms. The number of fused-ring (bicyclic) bond motifs is 2. The smallest absolute Gasteiger partial charge is 0.229 e. The monoisotopic (exact) mass is 266 g/mol. The number of amides is 1. The van der Waals surface area contributed by atoms with Gasteiger partial charge < -0.3 is 19.5 Å². The van der Waals surface area contributed by atoms with Crippen LogP contribution in [0.25, 0.3) is 0 Å². The van der Waals surface area contributed by atoms with Gasteiger partial charge in [-0.1, -0.05) is 19.6 Å². The molecule has 3 rings (SSSR count). The van der Waals surface area contributed by atoms with Crippen LogP contribution in [-0.4, -0.2) is 42.1 Å². The van der Waals surface area contributed by atoms with Crippen molar-refractivity contribution in [2.75, 3.05) is 13.1 Å². The maximum atomic E-state index is 12.4. The van der Waals surface area contributed by atoms with Crippen LogP contribution < -0.4 is 5.11 Å². The first kappa shape index (κ1) is 14.1. The molecule has 0 spiro atoms. The van der Waals surface area contributed by atoms with Crippen molar-refractivity contribution in [1.29, 1.82) is 0 Å². The van der Waals surface area contributed by atoms with Gasteiger partial charge in [-0.15, -0.1) is 0 Å². The van der Waals surface area contributed by atoms with Crippen molar-refractivity contribution in [2.45, 2.75) is 38.9 Å². The minimum atomic E-state index is -1.18. The summed E-state index contributed by atoms with van der Waals surface area (Å²) in [6.07, 6.45) is 5.80. The van der Waals surface area contributed by atoms with Gasteiger partial charge in [0.05, 0.1) is 18.1 Å². The lowest BCUT2D eigenvalue weighted by molar-refractivity contribution is -0.313. The maximum Gasteiger partial charge on any atom is 0.229 e. The van der Waals surface area contributed by atoms with E-state index in [0.29, 0.717) is 0 Å². The van der Waals surface area contributed by atoms with Gasteiger partial charge in [0.25, 0.3) is 0 Å². The third kappa shape index (κ3) is 2.27. The standard InChI is InChI=1S/C13H17NO4.CH4/c15-12(14-6-2-1-3-7-14)10-8-4-5-9(18-8)11(10)13(16)17;/h4-5,8-11H,1-3,6-7H2,(H,16,17);1H4/p-1/t8-,9+,10?,11?;/m0./s1. The Labute approximate surface area is 113 Å². The van der Waals surface area contributed by atoms with Crippen LogP contribution >= 0.6 is 0 Å². The quantitative estimate of drug-likeness (QED) is 0.657. The van der Waals surface area contributed by atoms with Gasteiger partial charge in [-0.25, -0.2) is 0 Å². The summed E-state index contributed by atoms with van der Waals surface area (Å²) in [7, 11) is 0. The van der Waals surface area contributed by atoms with Crippen LogP contribution in [0.15, 0.2) is 12.2 Å².